The number of hydrogen-bond acceptors (Lipinski definition) is 9. The smallest absolute Gasteiger partial charge is 0.219 e. The molecule has 4 aromatic heterocycles. The van der Waals surface area contributed by atoms with E-state index in [0.717, 1.165) is 52.4 Å². The van der Waals surface area contributed by atoms with Gasteiger partial charge in [-0.05, 0) is 44.0 Å². The minimum absolute atomic E-state index is 0.143. The van der Waals surface area contributed by atoms with Crippen LogP contribution in [0.25, 0.3) is 0 Å². The predicted octanol–water partition coefficient (Wildman–Crippen LogP) is 6.05. The highest BCUT2D eigenvalue weighted by Gasteiger charge is 2.24. The van der Waals surface area contributed by atoms with Crippen LogP contribution in [0, 0.1) is 6.92 Å². The summed E-state index contributed by atoms with van der Waals surface area (Å²) >= 11 is 3.05. The highest BCUT2D eigenvalue weighted by Crippen LogP contribution is 2.38. The van der Waals surface area contributed by atoms with Crippen LogP contribution < -0.4 is 10.1 Å². The van der Waals surface area contributed by atoms with Crippen LogP contribution in [0.5, 0.6) is 11.5 Å². The van der Waals surface area contributed by atoms with E-state index in [-0.39, 0.29) is 5.91 Å². The summed E-state index contributed by atoms with van der Waals surface area (Å²) in [6.45, 7) is 5.11. The van der Waals surface area contributed by atoms with E-state index >= 15 is 0 Å². The van der Waals surface area contributed by atoms with Crippen LogP contribution >= 0.6 is 23.1 Å². The first kappa shape index (κ1) is 24.2. The zero-order chi connectivity index (χ0) is 24.9. The number of anilines is 2. The predicted molar refractivity (Wildman–Crippen MR) is 141 cm³/mol. The van der Waals surface area contributed by atoms with Gasteiger partial charge in [-0.15, -0.1) is 11.3 Å². The lowest BCUT2D eigenvalue weighted by atomic mass is 9.94. The van der Waals surface area contributed by atoms with Crippen LogP contribution in [0.15, 0.2) is 70.3 Å². The van der Waals surface area contributed by atoms with Crippen molar-refractivity contribution in [3.63, 3.8) is 0 Å². The van der Waals surface area contributed by atoms with Crippen molar-refractivity contribution in [1.29, 1.82) is 0 Å². The van der Waals surface area contributed by atoms with Gasteiger partial charge in [-0.2, -0.15) is 0 Å². The molecule has 5 heterocycles. The number of rotatable bonds is 7. The summed E-state index contributed by atoms with van der Waals surface area (Å²) < 4.78 is 6.28. The number of carbonyl (C=O) groups is 1. The van der Waals surface area contributed by atoms with Crippen molar-refractivity contribution in [1.82, 2.24) is 24.8 Å². The largest absolute Gasteiger partial charge is 0.454 e. The number of carbonyl (C=O) groups excluding carboxylic acids is 1. The molecule has 1 N–H and O–H groups in total. The second kappa shape index (κ2) is 11.0. The van der Waals surface area contributed by atoms with E-state index in [1.165, 1.54) is 11.8 Å². The number of pyridine rings is 3. The first-order valence-corrected chi connectivity index (χ1v) is 13.4. The number of thiazole rings is 1. The molecule has 0 aromatic carbocycles. The van der Waals surface area contributed by atoms with E-state index in [1.54, 1.807) is 36.9 Å². The van der Waals surface area contributed by atoms with Crippen LogP contribution in [0.2, 0.25) is 0 Å². The van der Waals surface area contributed by atoms with E-state index in [4.69, 9.17) is 9.72 Å². The monoisotopic (exact) mass is 518 g/mol. The van der Waals surface area contributed by atoms with Crippen LogP contribution in [0.3, 0.4) is 0 Å². The number of nitrogens with one attached hydrogen (secondary N) is 1. The van der Waals surface area contributed by atoms with Crippen LogP contribution in [-0.4, -0.2) is 43.8 Å². The zero-order valence-electron chi connectivity index (χ0n) is 20.0. The Hall–Kier alpha value is -3.50. The Bertz CT molecular complexity index is 1340. The third-order valence-electron chi connectivity index (χ3n) is 5.98. The molecule has 4 aromatic rings. The van der Waals surface area contributed by atoms with Crippen LogP contribution in [0.1, 0.15) is 37.1 Å². The van der Waals surface area contributed by atoms with Crippen molar-refractivity contribution >= 4 is 40.0 Å². The third kappa shape index (κ3) is 5.83. The van der Waals surface area contributed by atoms with Gasteiger partial charge in [0.15, 0.2) is 5.13 Å². The van der Waals surface area contributed by atoms with Gasteiger partial charge in [0, 0.05) is 56.0 Å². The van der Waals surface area contributed by atoms with E-state index in [9.17, 15) is 4.79 Å². The Morgan fingerprint density at radius 1 is 1.11 bits per heavy atom. The number of amides is 1. The van der Waals surface area contributed by atoms with Crippen molar-refractivity contribution in [2.24, 2.45) is 0 Å². The minimum Gasteiger partial charge on any atom is -0.454 e. The SMILES string of the molecule is CC(=O)N1CCC(c2csc(Nc3cc(Oc4cccnc4C)c(Sc4ccccn4)cn3)n2)CC1. The number of ether oxygens (including phenoxy) is 1. The lowest BCUT2D eigenvalue weighted by Gasteiger charge is -2.30. The average Bonchev–Trinajstić information content (AvgIpc) is 3.36. The fraction of sp³-hybridized carbons (Fsp3) is 0.269. The number of nitrogens with zero attached hydrogens (tertiary/aromatic N) is 5. The number of piperidine rings is 1. The molecule has 5 rings (SSSR count). The maximum absolute atomic E-state index is 11.6. The lowest BCUT2D eigenvalue weighted by Crippen LogP contribution is -2.36. The summed E-state index contributed by atoms with van der Waals surface area (Å²) in [5.41, 5.74) is 1.87. The Kier molecular flexibility index (Phi) is 7.43. The summed E-state index contributed by atoms with van der Waals surface area (Å²) in [4.78, 5) is 32.5. The molecule has 8 nitrogen and oxygen atoms in total. The molecule has 10 heteroatoms. The summed E-state index contributed by atoms with van der Waals surface area (Å²) in [5, 5.41) is 7.06. The summed E-state index contributed by atoms with van der Waals surface area (Å²) in [6, 6.07) is 11.4. The molecule has 0 atom stereocenters. The molecule has 1 saturated heterocycles. The van der Waals surface area contributed by atoms with Gasteiger partial charge in [-0.1, -0.05) is 17.8 Å². The van der Waals surface area contributed by atoms with Crippen molar-refractivity contribution in [2.75, 3.05) is 18.4 Å². The van der Waals surface area contributed by atoms with Gasteiger partial charge < -0.3 is 15.0 Å². The van der Waals surface area contributed by atoms with Gasteiger partial charge in [-0.25, -0.2) is 15.0 Å². The molecule has 0 unspecified atom stereocenters. The Balaban J connectivity index is 1.35. The molecular weight excluding hydrogens is 492 g/mol. The molecule has 1 aliphatic heterocycles. The number of aromatic nitrogens is 4. The molecule has 36 heavy (non-hydrogen) atoms. The summed E-state index contributed by atoms with van der Waals surface area (Å²) in [7, 11) is 0. The molecule has 0 bridgehead atoms. The number of aryl methyl sites for hydroxylation is 1. The Morgan fingerprint density at radius 2 is 1.94 bits per heavy atom. The van der Waals surface area contributed by atoms with E-state index < -0.39 is 0 Å². The maximum Gasteiger partial charge on any atom is 0.219 e. The maximum atomic E-state index is 11.6. The normalized spacial score (nSPS) is 14.0. The molecule has 1 fully saturated rings. The van der Waals surface area contributed by atoms with E-state index in [1.807, 2.05) is 48.2 Å². The summed E-state index contributed by atoms with van der Waals surface area (Å²) in [5.74, 6) is 2.50. The van der Waals surface area contributed by atoms with Gasteiger partial charge in [0.25, 0.3) is 0 Å². The van der Waals surface area contributed by atoms with Crippen LogP contribution in [0.4, 0.5) is 10.9 Å². The first-order chi connectivity index (χ1) is 17.5. The van der Waals surface area contributed by atoms with Crippen molar-refractivity contribution < 1.29 is 9.53 Å². The highest BCUT2D eigenvalue weighted by atomic mass is 32.2. The van der Waals surface area contributed by atoms with Crippen molar-refractivity contribution in [3.8, 4) is 11.5 Å². The molecule has 0 spiro atoms. The molecule has 1 aliphatic rings. The molecule has 0 saturated carbocycles. The minimum atomic E-state index is 0.143. The fourth-order valence-electron chi connectivity index (χ4n) is 4.00. The molecule has 0 aliphatic carbocycles. The quantitative estimate of drug-likeness (QED) is 0.316. The standard InChI is InChI=1S/C26H26N6O2S2/c1-17-21(6-5-11-27-17)34-22-14-24(29-15-23(22)36-25-7-3-4-10-28-25)31-26-30-20(16-35-26)19-8-12-32(13-9-19)18(2)33/h3-7,10-11,14-16,19H,8-9,12-13H2,1-2H3,(H,29,30,31). The lowest BCUT2D eigenvalue weighted by molar-refractivity contribution is -0.129. The second-order valence-corrected chi connectivity index (χ2v) is 10.4. The zero-order valence-corrected chi connectivity index (χ0v) is 21.7. The average molecular weight is 519 g/mol. The van der Waals surface area contributed by atoms with Gasteiger partial charge in [-0.3, -0.25) is 9.78 Å². The van der Waals surface area contributed by atoms with Gasteiger partial charge >= 0.3 is 0 Å². The van der Waals surface area contributed by atoms with Gasteiger partial charge in [0.05, 0.1) is 16.3 Å². The van der Waals surface area contributed by atoms with E-state index in [2.05, 4.69) is 25.6 Å². The fourth-order valence-corrected chi connectivity index (χ4v) is 5.59. The molecule has 0 radical (unpaired) electrons. The van der Waals surface area contributed by atoms with E-state index in [0.29, 0.717) is 23.2 Å². The Labute approximate surface area is 218 Å². The second-order valence-electron chi connectivity index (χ2n) is 8.46. The van der Waals surface area contributed by atoms with Crippen LogP contribution in [-0.2, 0) is 4.79 Å². The molecule has 1 amide bonds. The molecule has 184 valence electrons. The number of hydrogen-bond donors (Lipinski definition) is 1. The highest BCUT2D eigenvalue weighted by molar-refractivity contribution is 7.99. The van der Waals surface area contributed by atoms with Crippen molar-refractivity contribution in [3.05, 3.63) is 71.8 Å². The third-order valence-corrected chi connectivity index (χ3v) is 7.73. The summed E-state index contributed by atoms with van der Waals surface area (Å²) in [6.07, 6.45) is 7.16. The molecular formula is C26H26N6O2S2. The van der Waals surface area contributed by atoms with Crippen molar-refractivity contribution in [2.45, 2.75) is 42.5 Å². The van der Waals surface area contributed by atoms with Gasteiger partial charge in [0.2, 0.25) is 5.91 Å². The topological polar surface area (TPSA) is 93.1 Å². The first-order valence-electron chi connectivity index (χ1n) is 11.7. The number of likely N-dealkylation sites (tertiary alicyclic amines) is 1. The Morgan fingerprint density at radius 3 is 2.69 bits per heavy atom. The van der Waals surface area contributed by atoms with Gasteiger partial charge in [0.1, 0.15) is 22.3 Å².